The summed E-state index contributed by atoms with van der Waals surface area (Å²) >= 11 is 6.14. The molecule has 1 aromatic rings. The van der Waals surface area contributed by atoms with Gasteiger partial charge in [0.05, 0.1) is 7.11 Å². The summed E-state index contributed by atoms with van der Waals surface area (Å²) in [6.45, 7) is 4.97. The van der Waals surface area contributed by atoms with E-state index in [9.17, 15) is 0 Å². The second-order valence-electron chi connectivity index (χ2n) is 4.67. The number of rotatable bonds is 6. The van der Waals surface area contributed by atoms with Crippen LogP contribution in [-0.4, -0.2) is 24.4 Å². The van der Waals surface area contributed by atoms with Gasteiger partial charge in [0, 0.05) is 23.7 Å². The molecule has 0 atom stereocenters. The average Bonchev–Trinajstić information content (AvgIpc) is 2.27. The Morgan fingerprint density at radius 3 is 2.65 bits per heavy atom. The zero-order valence-electron chi connectivity index (χ0n) is 10.6. The van der Waals surface area contributed by atoms with Gasteiger partial charge in [-0.05, 0) is 38.0 Å². The Morgan fingerprint density at radius 1 is 1.41 bits per heavy atom. The van der Waals surface area contributed by atoms with E-state index in [1.54, 1.807) is 13.2 Å². The largest absolute Gasteiger partial charge is 0.497 e. The van der Waals surface area contributed by atoms with Crippen LogP contribution in [0.3, 0.4) is 0 Å². The number of benzene rings is 1. The van der Waals surface area contributed by atoms with Crippen LogP contribution in [0.1, 0.15) is 25.8 Å². The molecule has 2 N–H and O–H groups in total. The minimum atomic E-state index is -0.0992. The van der Waals surface area contributed by atoms with Crippen molar-refractivity contribution in [2.75, 3.05) is 13.7 Å². The van der Waals surface area contributed by atoms with Crippen LogP contribution in [0.25, 0.3) is 0 Å². The van der Waals surface area contributed by atoms with E-state index in [1.807, 2.05) is 12.1 Å². The van der Waals surface area contributed by atoms with E-state index in [2.05, 4.69) is 19.2 Å². The smallest absolute Gasteiger partial charge is 0.120 e. The topological polar surface area (TPSA) is 41.5 Å². The lowest BCUT2D eigenvalue weighted by atomic mass is 10.0. The molecule has 4 heteroatoms. The third-order valence-corrected chi connectivity index (χ3v) is 3.11. The predicted molar refractivity (Wildman–Crippen MR) is 70.6 cm³/mol. The third kappa shape index (κ3) is 4.54. The molecule has 1 aromatic carbocycles. The Morgan fingerprint density at radius 2 is 2.12 bits per heavy atom. The second-order valence-corrected chi connectivity index (χ2v) is 5.08. The van der Waals surface area contributed by atoms with Gasteiger partial charge in [0.15, 0.2) is 0 Å². The van der Waals surface area contributed by atoms with Gasteiger partial charge < -0.3 is 15.2 Å². The Bertz CT molecular complexity index is 366. The number of aliphatic hydroxyl groups excluding tert-OH is 1. The zero-order chi connectivity index (χ0) is 12.9. The van der Waals surface area contributed by atoms with Gasteiger partial charge in [-0.2, -0.15) is 0 Å². The molecule has 17 heavy (non-hydrogen) atoms. The maximum atomic E-state index is 8.94. The molecule has 1 rings (SSSR count). The molecule has 0 bridgehead atoms. The number of ether oxygens (including phenoxy) is 1. The first-order valence-corrected chi connectivity index (χ1v) is 6.04. The van der Waals surface area contributed by atoms with Gasteiger partial charge in [-0.15, -0.1) is 0 Å². The normalized spacial score (nSPS) is 11.6. The lowest BCUT2D eigenvalue weighted by Gasteiger charge is -2.25. The molecule has 0 saturated carbocycles. The number of methoxy groups -OCH3 is 1. The fourth-order valence-electron chi connectivity index (χ4n) is 1.50. The standard InChI is InChI=1S/C13H20ClNO2/c1-13(2,6-7-16)15-9-10-4-5-11(17-3)8-12(10)14/h4-5,8,15-16H,6-7,9H2,1-3H3. The van der Waals surface area contributed by atoms with Gasteiger partial charge in [0.2, 0.25) is 0 Å². The van der Waals surface area contributed by atoms with Gasteiger partial charge in [0.25, 0.3) is 0 Å². The Balaban J connectivity index is 2.63. The highest BCUT2D eigenvalue weighted by Gasteiger charge is 2.16. The molecule has 0 aliphatic carbocycles. The molecular weight excluding hydrogens is 238 g/mol. The summed E-state index contributed by atoms with van der Waals surface area (Å²) in [4.78, 5) is 0. The molecule has 0 aliphatic rings. The van der Waals surface area contributed by atoms with Crippen molar-refractivity contribution >= 4 is 11.6 Å². The highest BCUT2D eigenvalue weighted by Crippen LogP contribution is 2.23. The van der Waals surface area contributed by atoms with Crippen LogP contribution in [0, 0.1) is 0 Å². The van der Waals surface area contributed by atoms with Crippen LogP contribution >= 0.6 is 11.6 Å². The summed E-state index contributed by atoms with van der Waals surface area (Å²) in [7, 11) is 1.62. The van der Waals surface area contributed by atoms with Crippen LogP contribution in [-0.2, 0) is 6.54 Å². The van der Waals surface area contributed by atoms with Crippen molar-refractivity contribution < 1.29 is 9.84 Å². The molecule has 0 unspecified atom stereocenters. The number of nitrogens with one attached hydrogen (secondary N) is 1. The van der Waals surface area contributed by atoms with Crippen LogP contribution < -0.4 is 10.1 Å². The average molecular weight is 258 g/mol. The molecule has 0 aliphatic heterocycles. The van der Waals surface area contributed by atoms with Crippen molar-refractivity contribution in [3.05, 3.63) is 28.8 Å². The van der Waals surface area contributed by atoms with Crippen LogP contribution in [0.5, 0.6) is 5.75 Å². The summed E-state index contributed by atoms with van der Waals surface area (Å²) in [6.07, 6.45) is 0.709. The molecule has 0 heterocycles. The van der Waals surface area contributed by atoms with E-state index < -0.39 is 0 Å². The highest BCUT2D eigenvalue weighted by atomic mass is 35.5. The lowest BCUT2D eigenvalue weighted by Crippen LogP contribution is -2.39. The van der Waals surface area contributed by atoms with Crippen molar-refractivity contribution in [1.82, 2.24) is 5.32 Å². The van der Waals surface area contributed by atoms with Crippen LogP contribution in [0.2, 0.25) is 5.02 Å². The first kappa shape index (κ1) is 14.3. The van der Waals surface area contributed by atoms with Gasteiger partial charge in [-0.1, -0.05) is 17.7 Å². The lowest BCUT2D eigenvalue weighted by molar-refractivity contribution is 0.230. The Labute approximate surface area is 108 Å². The summed E-state index contributed by atoms with van der Waals surface area (Å²) in [6, 6.07) is 5.64. The first-order valence-electron chi connectivity index (χ1n) is 5.67. The molecule has 96 valence electrons. The molecular formula is C13H20ClNO2. The van der Waals surface area contributed by atoms with E-state index >= 15 is 0 Å². The van der Waals surface area contributed by atoms with Gasteiger partial charge in [0.1, 0.15) is 5.75 Å². The Hall–Kier alpha value is -0.770. The maximum Gasteiger partial charge on any atom is 0.120 e. The zero-order valence-corrected chi connectivity index (χ0v) is 11.3. The second kappa shape index (κ2) is 6.24. The summed E-state index contributed by atoms with van der Waals surface area (Å²) in [5.41, 5.74) is 0.927. The third-order valence-electron chi connectivity index (χ3n) is 2.75. The van der Waals surface area contributed by atoms with Crippen LogP contribution in [0.4, 0.5) is 0 Å². The van der Waals surface area contributed by atoms with Crippen molar-refractivity contribution in [3.63, 3.8) is 0 Å². The molecule has 3 nitrogen and oxygen atoms in total. The highest BCUT2D eigenvalue weighted by molar-refractivity contribution is 6.31. The summed E-state index contributed by atoms with van der Waals surface area (Å²) in [5, 5.41) is 13.0. The summed E-state index contributed by atoms with van der Waals surface area (Å²) in [5.74, 6) is 0.758. The van der Waals surface area contributed by atoms with Gasteiger partial charge >= 0.3 is 0 Å². The Kier molecular flexibility index (Phi) is 5.25. The minimum Gasteiger partial charge on any atom is -0.497 e. The minimum absolute atomic E-state index is 0.0992. The van der Waals surface area contributed by atoms with Crippen molar-refractivity contribution in [3.8, 4) is 5.75 Å². The molecule has 0 fully saturated rings. The molecule has 0 amide bonds. The van der Waals surface area contributed by atoms with Crippen molar-refractivity contribution in [2.24, 2.45) is 0 Å². The van der Waals surface area contributed by atoms with Gasteiger partial charge in [-0.25, -0.2) is 0 Å². The monoisotopic (exact) mass is 257 g/mol. The quantitative estimate of drug-likeness (QED) is 0.823. The van der Waals surface area contributed by atoms with E-state index in [-0.39, 0.29) is 12.1 Å². The SMILES string of the molecule is COc1ccc(CNC(C)(C)CCO)c(Cl)c1. The predicted octanol–water partition coefficient (Wildman–Crippen LogP) is 2.60. The van der Waals surface area contributed by atoms with Gasteiger partial charge in [-0.3, -0.25) is 0 Å². The number of hydrogen-bond acceptors (Lipinski definition) is 3. The number of aliphatic hydroxyl groups is 1. The molecule has 0 saturated heterocycles. The van der Waals surface area contributed by atoms with E-state index in [1.165, 1.54) is 0 Å². The molecule has 0 aromatic heterocycles. The number of hydrogen-bond donors (Lipinski definition) is 2. The molecule has 0 spiro atoms. The fourth-order valence-corrected chi connectivity index (χ4v) is 1.74. The first-order chi connectivity index (χ1) is 7.98. The van der Waals surface area contributed by atoms with Crippen molar-refractivity contribution in [1.29, 1.82) is 0 Å². The number of halogens is 1. The van der Waals surface area contributed by atoms with Crippen molar-refractivity contribution in [2.45, 2.75) is 32.4 Å². The molecule has 0 radical (unpaired) electrons. The van der Waals surface area contributed by atoms with E-state index in [0.717, 1.165) is 11.3 Å². The van der Waals surface area contributed by atoms with E-state index in [4.69, 9.17) is 21.4 Å². The maximum absolute atomic E-state index is 8.94. The van der Waals surface area contributed by atoms with E-state index in [0.29, 0.717) is 18.0 Å². The fraction of sp³-hybridized carbons (Fsp3) is 0.538. The summed E-state index contributed by atoms with van der Waals surface area (Å²) < 4.78 is 5.10. The van der Waals surface area contributed by atoms with Crippen LogP contribution in [0.15, 0.2) is 18.2 Å².